The number of hydrogen-bond donors (Lipinski definition) is 1. The fourth-order valence-electron chi connectivity index (χ4n) is 3.20. The molecule has 1 heterocycles. The zero-order chi connectivity index (χ0) is 17.8. The van der Waals surface area contributed by atoms with E-state index in [1.165, 1.54) is 31.0 Å². The van der Waals surface area contributed by atoms with Crippen LogP contribution in [0.15, 0.2) is 33.9 Å². The third-order valence-electron chi connectivity index (χ3n) is 4.73. The number of carbonyl (C=O) groups is 1. The van der Waals surface area contributed by atoms with Crippen LogP contribution in [0, 0.1) is 5.92 Å². The molecule has 1 aliphatic carbocycles. The van der Waals surface area contributed by atoms with Gasteiger partial charge in [0.2, 0.25) is 5.91 Å². The molecular weight excluding hydrogens is 400 g/mol. The lowest BCUT2D eigenvalue weighted by molar-refractivity contribution is -0.119. The van der Waals surface area contributed by atoms with Crippen molar-refractivity contribution in [2.75, 3.05) is 5.75 Å². The van der Waals surface area contributed by atoms with Gasteiger partial charge >= 0.3 is 0 Å². The molecule has 3 rings (SSSR count). The van der Waals surface area contributed by atoms with Gasteiger partial charge < -0.3 is 9.88 Å². The molecule has 0 spiro atoms. The third kappa shape index (κ3) is 4.64. The minimum Gasteiger partial charge on any atom is -0.352 e. The first-order valence-corrected chi connectivity index (χ1v) is 10.4. The molecule has 1 saturated carbocycles. The summed E-state index contributed by atoms with van der Waals surface area (Å²) in [7, 11) is 1.93. The summed E-state index contributed by atoms with van der Waals surface area (Å²) < 4.78 is 2.96. The molecule has 0 aliphatic heterocycles. The number of aromatic nitrogens is 3. The quantitative estimate of drug-likeness (QED) is 0.738. The van der Waals surface area contributed by atoms with E-state index in [2.05, 4.69) is 38.4 Å². The van der Waals surface area contributed by atoms with Crippen molar-refractivity contribution in [2.24, 2.45) is 13.0 Å². The number of carbonyl (C=O) groups excluding carboxylic acids is 1. The van der Waals surface area contributed by atoms with E-state index in [0.717, 1.165) is 27.4 Å². The molecule has 2 aromatic rings. The molecule has 1 fully saturated rings. The summed E-state index contributed by atoms with van der Waals surface area (Å²) in [5.41, 5.74) is 1.01. The molecule has 1 aromatic carbocycles. The molecule has 134 valence electrons. The van der Waals surface area contributed by atoms with Crippen molar-refractivity contribution in [1.29, 1.82) is 0 Å². The second-order valence-electron chi connectivity index (χ2n) is 6.60. The van der Waals surface area contributed by atoms with Gasteiger partial charge in [0, 0.05) is 23.1 Å². The standard InChI is InChI=1S/C18H23BrN4OS/c1-12-5-3-4-6-15(12)20-16(24)11-25-18-22-21-17(23(18)2)13-7-9-14(19)10-8-13/h7-10,12,15H,3-6,11H2,1-2H3,(H,20,24)/t12-,15+/m0/s1. The SMILES string of the molecule is C[C@H]1CCCC[C@H]1NC(=O)CSc1nnc(-c2ccc(Br)cc2)n1C. The van der Waals surface area contributed by atoms with Gasteiger partial charge in [0.1, 0.15) is 0 Å². The number of amides is 1. The monoisotopic (exact) mass is 422 g/mol. The molecular formula is C18H23BrN4OS. The Labute approximate surface area is 161 Å². The summed E-state index contributed by atoms with van der Waals surface area (Å²) >= 11 is 4.87. The molecule has 1 aliphatic rings. The van der Waals surface area contributed by atoms with Gasteiger partial charge in [-0.15, -0.1) is 10.2 Å². The van der Waals surface area contributed by atoms with Crippen molar-refractivity contribution in [1.82, 2.24) is 20.1 Å². The smallest absolute Gasteiger partial charge is 0.230 e. The number of benzene rings is 1. The van der Waals surface area contributed by atoms with Gasteiger partial charge in [-0.2, -0.15) is 0 Å². The second-order valence-corrected chi connectivity index (χ2v) is 8.45. The topological polar surface area (TPSA) is 59.8 Å². The largest absolute Gasteiger partial charge is 0.352 e. The van der Waals surface area contributed by atoms with Crippen LogP contribution in [0.2, 0.25) is 0 Å². The Morgan fingerprint density at radius 1 is 1.28 bits per heavy atom. The Morgan fingerprint density at radius 3 is 2.72 bits per heavy atom. The number of thioether (sulfide) groups is 1. The molecule has 0 saturated heterocycles. The fraction of sp³-hybridized carbons (Fsp3) is 0.500. The first-order chi connectivity index (χ1) is 12.0. The van der Waals surface area contributed by atoms with Crippen LogP contribution < -0.4 is 5.32 Å². The third-order valence-corrected chi connectivity index (χ3v) is 6.28. The molecule has 7 heteroatoms. The molecule has 1 amide bonds. The molecule has 2 atom stereocenters. The van der Waals surface area contributed by atoms with Crippen LogP contribution in [0.1, 0.15) is 32.6 Å². The zero-order valence-corrected chi connectivity index (χ0v) is 16.9. The average Bonchev–Trinajstić information content (AvgIpc) is 2.97. The highest BCUT2D eigenvalue weighted by atomic mass is 79.9. The van der Waals surface area contributed by atoms with E-state index in [1.54, 1.807) is 0 Å². The Balaban J connectivity index is 1.58. The van der Waals surface area contributed by atoms with E-state index in [0.29, 0.717) is 17.7 Å². The molecule has 25 heavy (non-hydrogen) atoms. The van der Waals surface area contributed by atoms with Crippen LogP contribution in [-0.2, 0) is 11.8 Å². The Bertz CT molecular complexity index is 731. The molecule has 0 radical (unpaired) electrons. The van der Waals surface area contributed by atoms with Crippen molar-refractivity contribution < 1.29 is 4.79 Å². The van der Waals surface area contributed by atoms with Gasteiger partial charge in [-0.05, 0) is 30.9 Å². The van der Waals surface area contributed by atoms with Crippen LogP contribution in [0.4, 0.5) is 0 Å². The van der Waals surface area contributed by atoms with Gasteiger partial charge in [0.15, 0.2) is 11.0 Å². The van der Waals surface area contributed by atoms with E-state index in [9.17, 15) is 4.79 Å². The number of nitrogens with one attached hydrogen (secondary N) is 1. The fourth-order valence-corrected chi connectivity index (χ4v) is 4.19. The lowest BCUT2D eigenvalue weighted by Gasteiger charge is -2.29. The van der Waals surface area contributed by atoms with Gasteiger partial charge in [0.25, 0.3) is 0 Å². The van der Waals surface area contributed by atoms with Gasteiger partial charge in [-0.1, -0.05) is 59.6 Å². The molecule has 1 N–H and O–H groups in total. The lowest BCUT2D eigenvalue weighted by Crippen LogP contribution is -2.41. The van der Waals surface area contributed by atoms with E-state index < -0.39 is 0 Å². The van der Waals surface area contributed by atoms with Gasteiger partial charge in [-0.25, -0.2) is 0 Å². The van der Waals surface area contributed by atoms with Crippen LogP contribution >= 0.6 is 27.7 Å². The van der Waals surface area contributed by atoms with E-state index >= 15 is 0 Å². The summed E-state index contributed by atoms with van der Waals surface area (Å²) in [6.45, 7) is 2.23. The predicted molar refractivity (Wildman–Crippen MR) is 104 cm³/mol. The van der Waals surface area contributed by atoms with E-state index in [4.69, 9.17) is 0 Å². The maximum absolute atomic E-state index is 12.3. The lowest BCUT2D eigenvalue weighted by atomic mass is 9.86. The first kappa shape index (κ1) is 18.5. The first-order valence-electron chi connectivity index (χ1n) is 8.62. The summed E-state index contributed by atoms with van der Waals surface area (Å²) in [5, 5.41) is 12.4. The van der Waals surface area contributed by atoms with Crippen LogP contribution in [0.3, 0.4) is 0 Å². The molecule has 0 bridgehead atoms. The van der Waals surface area contributed by atoms with Crippen molar-refractivity contribution in [2.45, 2.75) is 43.8 Å². The highest BCUT2D eigenvalue weighted by Crippen LogP contribution is 2.25. The Morgan fingerprint density at radius 2 is 2.00 bits per heavy atom. The predicted octanol–water partition coefficient (Wildman–Crippen LogP) is 4.03. The summed E-state index contributed by atoms with van der Waals surface area (Å²) in [6, 6.07) is 8.28. The number of halogens is 1. The van der Waals surface area contributed by atoms with Crippen LogP contribution in [0.25, 0.3) is 11.4 Å². The van der Waals surface area contributed by atoms with Crippen LogP contribution in [-0.4, -0.2) is 32.5 Å². The second kappa shape index (κ2) is 8.36. The summed E-state index contributed by atoms with van der Waals surface area (Å²) in [5.74, 6) is 1.82. The normalized spacial score (nSPS) is 20.4. The maximum Gasteiger partial charge on any atom is 0.230 e. The molecule has 5 nitrogen and oxygen atoms in total. The molecule has 0 unspecified atom stereocenters. The van der Waals surface area contributed by atoms with E-state index in [-0.39, 0.29) is 5.91 Å². The number of nitrogens with zero attached hydrogens (tertiary/aromatic N) is 3. The summed E-state index contributed by atoms with van der Waals surface area (Å²) in [6.07, 6.45) is 4.79. The maximum atomic E-state index is 12.3. The van der Waals surface area contributed by atoms with Crippen LogP contribution in [0.5, 0.6) is 0 Å². The average molecular weight is 423 g/mol. The minimum atomic E-state index is 0.0805. The molecule has 1 aromatic heterocycles. The number of hydrogen-bond acceptors (Lipinski definition) is 4. The van der Waals surface area contributed by atoms with Crippen molar-refractivity contribution in [3.8, 4) is 11.4 Å². The van der Waals surface area contributed by atoms with E-state index in [1.807, 2.05) is 35.9 Å². The summed E-state index contributed by atoms with van der Waals surface area (Å²) in [4.78, 5) is 12.3. The van der Waals surface area contributed by atoms with Crippen molar-refractivity contribution in [3.63, 3.8) is 0 Å². The van der Waals surface area contributed by atoms with Gasteiger partial charge in [0.05, 0.1) is 5.75 Å². The highest BCUT2D eigenvalue weighted by molar-refractivity contribution is 9.10. The van der Waals surface area contributed by atoms with Crippen molar-refractivity contribution >= 4 is 33.6 Å². The Hall–Kier alpha value is -1.34. The number of rotatable bonds is 5. The van der Waals surface area contributed by atoms with Gasteiger partial charge in [-0.3, -0.25) is 4.79 Å². The minimum absolute atomic E-state index is 0.0805. The van der Waals surface area contributed by atoms with Crippen molar-refractivity contribution in [3.05, 3.63) is 28.7 Å². The Kier molecular flexibility index (Phi) is 6.17. The highest BCUT2D eigenvalue weighted by Gasteiger charge is 2.23. The zero-order valence-electron chi connectivity index (χ0n) is 14.5.